The number of Topliss-reactive ketones (excluding diaryl/α,β-unsaturated/α-hetero) is 1. The highest BCUT2D eigenvalue weighted by Crippen LogP contribution is 2.14. The van der Waals surface area contributed by atoms with Crippen molar-refractivity contribution in [1.29, 1.82) is 0 Å². The molecule has 2 heteroatoms. The molecule has 2 nitrogen and oxygen atoms in total. The van der Waals surface area contributed by atoms with E-state index in [1.807, 2.05) is 13.8 Å². The van der Waals surface area contributed by atoms with Crippen molar-refractivity contribution in [3.05, 3.63) is 0 Å². The van der Waals surface area contributed by atoms with Crippen molar-refractivity contribution >= 4 is 5.78 Å². The summed E-state index contributed by atoms with van der Waals surface area (Å²) in [5, 5.41) is 0. The third-order valence-electron chi connectivity index (χ3n) is 2.63. The molecule has 0 heterocycles. The van der Waals surface area contributed by atoms with Crippen LogP contribution in [0.3, 0.4) is 0 Å². The number of hydrogen-bond donors (Lipinski definition) is 1. The summed E-state index contributed by atoms with van der Waals surface area (Å²) >= 11 is 0. The fourth-order valence-corrected chi connectivity index (χ4v) is 1.42. The third kappa shape index (κ3) is 5.04. The van der Waals surface area contributed by atoms with Gasteiger partial charge >= 0.3 is 0 Å². The molecule has 78 valence electrons. The Bertz CT molecular complexity index is 154. The average molecular weight is 185 g/mol. The first-order valence-electron chi connectivity index (χ1n) is 5.27. The van der Waals surface area contributed by atoms with Crippen molar-refractivity contribution in [1.82, 2.24) is 0 Å². The van der Waals surface area contributed by atoms with Crippen LogP contribution in [0.5, 0.6) is 0 Å². The molecule has 3 atom stereocenters. The standard InChI is InChI=1S/C11H23NO/c1-5-6-8(2)7-11(13)9(3)10(4)12/h8-10H,5-7,12H2,1-4H3. The Morgan fingerprint density at radius 2 is 1.85 bits per heavy atom. The summed E-state index contributed by atoms with van der Waals surface area (Å²) in [5.41, 5.74) is 5.67. The van der Waals surface area contributed by atoms with Crippen LogP contribution in [-0.4, -0.2) is 11.8 Å². The van der Waals surface area contributed by atoms with E-state index in [0.717, 1.165) is 12.8 Å². The maximum absolute atomic E-state index is 11.6. The number of carbonyl (C=O) groups excluding carboxylic acids is 1. The normalized spacial score (nSPS) is 17.9. The first-order valence-corrected chi connectivity index (χ1v) is 5.27. The highest BCUT2D eigenvalue weighted by molar-refractivity contribution is 5.81. The minimum Gasteiger partial charge on any atom is -0.327 e. The molecular weight excluding hydrogens is 162 g/mol. The number of nitrogens with two attached hydrogens (primary N) is 1. The van der Waals surface area contributed by atoms with E-state index < -0.39 is 0 Å². The Balaban J connectivity index is 3.85. The largest absolute Gasteiger partial charge is 0.327 e. The third-order valence-corrected chi connectivity index (χ3v) is 2.63. The lowest BCUT2D eigenvalue weighted by atomic mass is 9.90. The summed E-state index contributed by atoms with van der Waals surface area (Å²) in [6, 6.07) is -0.0127. The van der Waals surface area contributed by atoms with Crippen LogP contribution in [-0.2, 0) is 4.79 Å². The van der Waals surface area contributed by atoms with Crippen molar-refractivity contribution in [2.45, 2.75) is 53.0 Å². The molecule has 13 heavy (non-hydrogen) atoms. The quantitative estimate of drug-likeness (QED) is 0.690. The van der Waals surface area contributed by atoms with E-state index in [2.05, 4.69) is 13.8 Å². The molecule has 0 aliphatic carbocycles. The predicted octanol–water partition coefficient (Wildman–Crippen LogP) is 2.37. The van der Waals surface area contributed by atoms with Crippen molar-refractivity contribution in [3.63, 3.8) is 0 Å². The lowest BCUT2D eigenvalue weighted by Gasteiger charge is -2.16. The first-order chi connectivity index (χ1) is 5.99. The molecule has 3 unspecified atom stereocenters. The van der Waals surface area contributed by atoms with Crippen LogP contribution in [0.15, 0.2) is 0 Å². The van der Waals surface area contributed by atoms with E-state index in [-0.39, 0.29) is 12.0 Å². The summed E-state index contributed by atoms with van der Waals surface area (Å²) in [4.78, 5) is 11.6. The maximum Gasteiger partial charge on any atom is 0.137 e. The Hall–Kier alpha value is -0.370. The minimum absolute atomic E-state index is 0.0127. The molecular formula is C11H23NO. The van der Waals surface area contributed by atoms with Gasteiger partial charge < -0.3 is 5.73 Å². The van der Waals surface area contributed by atoms with Gasteiger partial charge in [0, 0.05) is 18.4 Å². The van der Waals surface area contributed by atoms with Crippen molar-refractivity contribution in [2.75, 3.05) is 0 Å². The van der Waals surface area contributed by atoms with Gasteiger partial charge in [0.2, 0.25) is 0 Å². The molecule has 0 aliphatic heterocycles. The van der Waals surface area contributed by atoms with E-state index in [4.69, 9.17) is 5.73 Å². The lowest BCUT2D eigenvalue weighted by molar-refractivity contribution is -0.123. The lowest BCUT2D eigenvalue weighted by Crippen LogP contribution is -2.31. The molecule has 0 aromatic rings. The van der Waals surface area contributed by atoms with Crippen LogP contribution in [0.1, 0.15) is 47.0 Å². The van der Waals surface area contributed by atoms with Gasteiger partial charge in [0.25, 0.3) is 0 Å². The molecule has 2 N–H and O–H groups in total. The van der Waals surface area contributed by atoms with Crippen LogP contribution in [0, 0.1) is 11.8 Å². The van der Waals surface area contributed by atoms with E-state index >= 15 is 0 Å². The molecule has 0 radical (unpaired) electrons. The predicted molar refractivity (Wildman–Crippen MR) is 56.5 cm³/mol. The van der Waals surface area contributed by atoms with Crippen LogP contribution in [0.4, 0.5) is 0 Å². The fraction of sp³-hybridized carbons (Fsp3) is 0.909. The van der Waals surface area contributed by atoms with Gasteiger partial charge in [0.05, 0.1) is 0 Å². The second-order valence-corrected chi connectivity index (χ2v) is 4.21. The van der Waals surface area contributed by atoms with Crippen LogP contribution in [0.2, 0.25) is 0 Å². The van der Waals surface area contributed by atoms with E-state index in [1.54, 1.807) is 0 Å². The SMILES string of the molecule is CCCC(C)CC(=O)C(C)C(C)N. The van der Waals surface area contributed by atoms with E-state index in [0.29, 0.717) is 18.1 Å². The number of carbonyl (C=O) groups is 1. The summed E-state index contributed by atoms with van der Waals surface area (Å²) < 4.78 is 0. The summed E-state index contributed by atoms with van der Waals surface area (Å²) in [7, 11) is 0. The van der Waals surface area contributed by atoms with Gasteiger partial charge in [-0.05, 0) is 12.8 Å². The zero-order valence-corrected chi connectivity index (χ0v) is 9.34. The van der Waals surface area contributed by atoms with Crippen molar-refractivity contribution < 1.29 is 4.79 Å². The maximum atomic E-state index is 11.6. The summed E-state index contributed by atoms with van der Waals surface area (Å²) in [5.74, 6) is 0.842. The Labute approximate surface area is 81.9 Å². The number of hydrogen-bond acceptors (Lipinski definition) is 2. The molecule has 0 bridgehead atoms. The molecule has 0 aromatic carbocycles. The zero-order valence-electron chi connectivity index (χ0n) is 9.34. The van der Waals surface area contributed by atoms with E-state index in [1.165, 1.54) is 0 Å². The van der Waals surface area contributed by atoms with Crippen molar-refractivity contribution in [2.24, 2.45) is 17.6 Å². The average Bonchev–Trinajstić information content (AvgIpc) is 2.03. The molecule has 0 saturated heterocycles. The molecule has 0 fully saturated rings. The minimum atomic E-state index is -0.0127. The zero-order chi connectivity index (χ0) is 10.4. The molecule has 0 saturated carbocycles. The Morgan fingerprint density at radius 3 is 2.23 bits per heavy atom. The van der Waals surface area contributed by atoms with Crippen LogP contribution < -0.4 is 5.73 Å². The van der Waals surface area contributed by atoms with Crippen LogP contribution >= 0.6 is 0 Å². The molecule has 0 aromatic heterocycles. The molecule has 0 rings (SSSR count). The molecule has 0 aliphatic rings. The fourth-order valence-electron chi connectivity index (χ4n) is 1.42. The van der Waals surface area contributed by atoms with Gasteiger partial charge in [0.15, 0.2) is 0 Å². The Kier molecular flexibility index (Phi) is 5.97. The highest BCUT2D eigenvalue weighted by Gasteiger charge is 2.18. The van der Waals surface area contributed by atoms with E-state index in [9.17, 15) is 4.79 Å². The summed E-state index contributed by atoms with van der Waals surface area (Å²) in [6.45, 7) is 8.10. The topological polar surface area (TPSA) is 43.1 Å². The number of ketones is 1. The van der Waals surface area contributed by atoms with Crippen LogP contribution in [0.25, 0.3) is 0 Å². The Morgan fingerprint density at radius 1 is 1.31 bits per heavy atom. The monoisotopic (exact) mass is 185 g/mol. The molecule has 0 amide bonds. The number of rotatable bonds is 6. The van der Waals surface area contributed by atoms with Gasteiger partial charge in [-0.2, -0.15) is 0 Å². The summed E-state index contributed by atoms with van der Waals surface area (Å²) in [6.07, 6.45) is 2.98. The van der Waals surface area contributed by atoms with Gasteiger partial charge in [0.1, 0.15) is 5.78 Å². The van der Waals surface area contributed by atoms with Crippen molar-refractivity contribution in [3.8, 4) is 0 Å². The second kappa shape index (κ2) is 6.14. The highest BCUT2D eigenvalue weighted by atomic mass is 16.1. The first kappa shape index (κ1) is 12.6. The van der Waals surface area contributed by atoms with Gasteiger partial charge in [-0.1, -0.05) is 33.6 Å². The second-order valence-electron chi connectivity index (χ2n) is 4.21. The van der Waals surface area contributed by atoms with Gasteiger partial charge in [-0.15, -0.1) is 0 Å². The van der Waals surface area contributed by atoms with Gasteiger partial charge in [-0.25, -0.2) is 0 Å². The molecule has 0 spiro atoms. The smallest absolute Gasteiger partial charge is 0.137 e. The van der Waals surface area contributed by atoms with Gasteiger partial charge in [-0.3, -0.25) is 4.79 Å².